The van der Waals surface area contributed by atoms with E-state index in [2.05, 4.69) is 29.8 Å². The number of aryl methyl sites for hydroxylation is 1. The third kappa shape index (κ3) is 3.26. The third-order valence-electron chi connectivity index (χ3n) is 5.55. The van der Waals surface area contributed by atoms with Gasteiger partial charge < -0.3 is 14.6 Å². The molecule has 1 N–H and O–H groups in total. The molecule has 1 atom stereocenters. The van der Waals surface area contributed by atoms with Crippen molar-refractivity contribution < 1.29 is 9.53 Å². The Hall–Kier alpha value is -2.58. The van der Waals surface area contributed by atoms with Crippen molar-refractivity contribution >= 4 is 11.5 Å². The largest absolute Gasteiger partial charge is 0.379 e. The number of rotatable bonds is 3. The molecule has 1 aliphatic heterocycles. The van der Waals surface area contributed by atoms with Crippen LogP contribution >= 0.6 is 0 Å². The van der Waals surface area contributed by atoms with Crippen LogP contribution in [-0.4, -0.2) is 29.6 Å². The highest BCUT2D eigenvalue weighted by Crippen LogP contribution is 2.38. The Kier molecular flexibility index (Phi) is 4.32. The van der Waals surface area contributed by atoms with E-state index < -0.39 is 0 Å². The number of ketones is 1. The summed E-state index contributed by atoms with van der Waals surface area (Å²) >= 11 is 0. The molecule has 1 unspecified atom stereocenters. The Morgan fingerprint density at radius 1 is 1.33 bits per heavy atom. The van der Waals surface area contributed by atoms with Crippen molar-refractivity contribution in [1.82, 2.24) is 4.57 Å². The van der Waals surface area contributed by atoms with Crippen LogP contribution in [0.15, 0.2) is 24.4 Å². The van der Waals surface area contributed by atoms with E-state index in [1.54, 1.807) is 0 Å². The van der Waals surface area contributed by atoms with Gasteiger partial charge in [-0.25, -0.2) is 0 Å². The van der Waals surface area contributed by atoms with E-state index in [-0.39, 0.29) is 17.2 Å². The Labute approximate surface area is 159 Å². The second-order valence-corrected chi connectivity index (χ2v) is 8.49. The van der Waals surface area contributed by atoms with Crippen LogP contribution in [0.25, 0.3) is 5.69 Å². The first kappa shape index (κ1) is 17.8. The summed E-state index contributed by atoms with van der Waals surface area (Å²) in [4.78, 5) is 12.7. The van der Waals surface area contributed by atoms with Gasteiger partial charge in [-0.15, -0.1) is 0 Å². The maximum Gasteiger partial charge on any atom is 0.165 e. The normalized spacial score (nSPS) is 21.0. The maximum atomic E-state index is 12.7. The molecule has 2 heterocycles. The van der Waals surface area contributed by atoms with E-state index in [0.717, 1.165) is 47.6 Å². The summed E-state index contributed by atoms with van der Waals surface area (Å²) < 4.78 is 7.57. The van der Waals surface area contributed by atoms with E-state index in [4.69, 9.17) is 4.74 Å². The fraction of sp³-hybridized carbons (Fsp3) is 0.455. The van der Waals surface area contributed by atoms with Gasteiger partial charge in [-0.05, 0) is 48.9 Å². The lowest BCUT2D eigenvalue weighted by atomic mass is 9.75. The number of ether oxygens (including phenoxy) is 1. The minimum absolute atomic E-state index is 0.0402. The number of hydrogen-bond donors (Lipinski definition) is 1. The third-order valence-corrected chi connectivity index (χ3v) is 5.55. The Morgan fingerprint density at radius 3 is 2.85 bits per heavy atom. The summed E-state index contributed by atoms with van der Waals surface area (Å²) in [6.45, 7) is 7.71. The molecular weight excluding hydrogens is 338 g/mol. The average molecular weight is 363 g/mol. The van der Waals surface area contributed by atoms with Crippen LogP contribution in [0, 0.1) is 23.7 Å². The molecule has 1 aromatic carbocycles. The van der Waals surface area contributed by atoms with E-state index in [1.165, 1.54) is 0 Å². The highest BCUT2D eigenvalue weighted by Gasteiger charge is 2.34. The van der Waals surface area contributed by atoms with Crippen molar-refractivity contribution in [2.45, 2.75) is 46.1 Å². The number of nitrogens with one attached hydrogen (secondary N) is 1. The van der Waals surface area contributed by atoms with Crippen LogP contribution in [0.3, 0.4) is 0 Å². The van der Waals surface area contributed by atoms with Crippen molar-refractivity contribution in [3.8, 4) is 11.8 Å². The van der Waals surface area contributed by atoms with Gasteiger partial charge in [0.1, 0.15) is 6.07 Å². The predicted molar refractivity (Wildman–Crippen MR) is 105 cm³/mol. The molecule has 0 saturated carbocycles. The summed E-state index contributed by atoms with van der Waals surface area (Å²) in [5.74, 6) is 0.229. The zero-order valence-corrected chi connectivity index (χ0v) is 16.1. The SMILES string of the molecule is Cc1cn(-c2ccc(C#N)c(NC3CCOC3)c2)c2c1C(=O)CC(C)(C)C2. The second kappa shape index (κ2) is 6.54. The molecule has 1 saturated heterocycles. The first-order chi connectivity index (χ1) is 12.9. The summed E-state index contributed by atoms with van der Waals surface area (Å²) in [6.07, 6.45) is 4.44. The maximum absolute atomic E-state index is 12.7. The van der Waals surface area contributed by atoms with Crippen molar-refractivity contribution in [3.05, 3.63) is 46.8 Å². The molecule has 2 aromatic rings. The second-order valence-electron chi connectivity index (χ2n) is 8.49. The van der Waals surface area contributed by atoms with Crippen molar-refractivity contribution in [3.63, 3.8) is 0 Å². The molecule has 0 amide bonds. The number of Topliss-reactive ketones (excluding diaryl/α,β-unsaturated/α-hetero) is 1. The Bertz CT molecular complexity index is 943. The van der Waals surface area contributed by atoms with Gasteiger partial charge in [-0.3, -0.25) is 4.79 Å². The summed E-state index contributed by atoms with van der Waals surface area (Å²) in [6, 6.07) is 8.33. The van der Waals surface area contributed by atoms with Gasteiger partial charge in [0.15, 0.2) is 5.78 Å². The molecule has 0 radical (unpaired) electrons. The zero-order valence-electron chi connectivity index (χ0n) is 16.1. The molecule has 0 spiro atoms. The fourth-order valence-corrected chi connectivity index (χ4v) is 4.28. The van der Waals surface area contributed by atoms with E-state index in [1.807, 2.05) is 31.3 Å². The molecule has 4 rings (SSSR count). The lowest BCUT2D eigenvalue weighted by Gasteiger charge is -2.30. The molecule has 1 aromatic heterocycles. The predicted octanol–water partition coefficient (Wildman–Crippen LogP) is 4.01. The Balaban J connectivity index is 1.77. The number of fused-ring (bicyclic) bond motifs is 1. The van der Waals surface area contributed by atoms with Crippen LogP contribution < -0.4 is 5.32 Å². The highest BCUT2D eigenvalue weighted by atomic mass is 16.5. The zero-order chi connectivity index (χ0) is 19.2. The van der Waals surface area contributed by atoms with Gasteiger partial charge in [0.2, 0.25) is 0 Å². The fourth-order valence-electron chi connectivity index (χ4n) is 4.28. The number of anilines is 1. The van der Waals surface area contributed by atoms with Gasteiger partial charge >= 0.3 is 0 Å². The summed E-state index contributed by atoms with van der Waals surface area (Å²) in [5.41, 5.74) is 5.36. The summed E-state index contributed by atoms with van der Waals surface area (Å²) in [5, 5.41) is 12.9. The molecule has 5 nitrogen and oxygen atoms in total. The molecule has 27 heavy (non-hydrogen) atoms. The molecular formula is C22H25N3O2. The molecule has 5 heteroatoms. The minimum Gasteiger partial charge on any atom is -0.379 e. The summed E-state index contributed by atoms with van der Waals surface area (Å²) in [7, 11) is 0. The molecule has 140 valence electrons. The number of carbonyl (C=O) groups is 1. The van der Waals surface area contributed by atoms with Crippen molar-refractivity contribution in [2.24, 2.45) is 5.41 Å². The van der Waals surface area contributed by atoms with Crippen LogP contribution in [0.2, 0.25) is 0 Å². The van der Waals surface area contributed by atoms with E-state index >= 15 is 0 Å². The van der Waals surface area contributed by atoms with E-state index in [0.29, 0.717) is 18.6 Å². The topological polar surface area (TPSA) is 67.1 Å². The van der Waals surface area contributed by atoms with Gasteiger partial charge in [0.25, 0.3) is 0 Å². The number of aromatic nitrogens is 1. The van der Waals surface area contributed by atoms with Gasteiger partial charge in [0.05, 0.1) is 23.9 Å². The first-order valence-electron chi connectivity index (χ1n) is 9.51. The monoisotopic (exact) mass is 363 g/mol. The Morgan fingerprint density at radius 2 is 2.15 bits per heavy atom. The van der Waals surface area contributed by atoms with Gasteiger partial charge in [0, 0.05) is 36.2 Å². The van der Waals surface area contributed by atoms with Gasteiger partial charge in [-0.1, -0.05) is 13.8 Å². The van der Waals surface area contributed by atoms with Crippen LogP contribution in [0.4, 0.5) is 5.69 Å². The number of carbonyl (C=O) groups excluding carboxylic acids is 1. The first-order valence-corrected chi connectivity index (χ1v) is 9.51. The average Bonchev–Trinajstić information content (AvgIpc) is 3.21. The van der Waals surface area contributed by atoms with Crippen LogP contribution in [0.5, 0.6) is 0 Å². The number of nitriles is 1. The van der Waals surface area contributed by atoms with Crippen molar-refractivity contribution in [2.75, 3.05) is 18.5 Å². The standard InChI is InChI=1S/C22H25N3O2/c1-14-12-25(19-9-22(2,3)10-20(26)21(14)19)17-5-4-15(11-23)18(8-17)24-16-6-7-27-13-16/h4-5,8,12,16,24H,6-7,9-10,13H2,1-3H3. The minimum atomic E-state index is -0.0402. The highest BCUT2D eigenvalue weighted by molar-refractivity contribution is 6.00. The molecule has 0 bridgehead atoms. The molecule has 1 fully saturated rings. The van der Waals surface area contributed by atoms with Crippen LogP contribution in [0.1, 0.15) is 53.9 Å². The number of hydrogen-bond acceptors (Lipinski definition) is 4. The molecule has 2 aliphatic rings. The number of benzene rings is 1. The lowest BCUT2D eigenvalue weighted by molar-refractivity contribution is 0.0910. The quantitative estimate of drug-likeness (QED) is 0.895. The lowest BCUT2D eigenvalue weighted by Crippen LogP contribution is -2.28. The van der Waals surface area contributed by atoms with Crippen molar-refractivity contribution in [1.29, 1.82) is 5.26 Å². The van der Waals surface area contributed by atoms with Gasteiger partial charge in [-0.2, -0.15) is 5.26 Å². The smallest absolute Gasteiger partial charge is 0.165 e. The molecule has 1 aliphatic carbocycles. The van der Waals surface area contributed by atoms with E-state index in [9.17, 15) is 10.1 Å². The van der Waals surface area contributed by atoms with Crippen LogP contribution in [-0.2, 0) is 11.2 Å². The number of nitrogens with zero attached hydrogens (tertiary/aromatic N) is 2.